The summed E-state index contributed by atoms with van der Waals surface area (Å²) in [5.41, 5.74) is 2.93. The molecule has 0 atom stereocenters. The van der Waals surface area contributed by atoms with Crippen LogP contribution in [0.25, 0.3) is 20.9 Å². The Morgan fingerprint density at radius 3 is 2.47 bits per heavy atom. The number of fused-ring (bicyclic) bond motifs is 3. The van der Waals surface area contributed by atoms with Gasteiger partial charge in [0, 0.05) is 36.2 Å². The van der Waals surface area contributed by atoms with E-state index in [2.05, 4.69) is 10.3 Å². The molecule has 2 N–H and O–H groups in total. The number of aromatic hydroxyl groups is 1. The lowest BCUT2D eigenvalue weighted by atomic mass is 9.92. The maximum atomic E-state index is 13.3. The zero-order valence-corrected chi connectivity index (χ0v) is 27.4. The minimum atomic E-state index is -0.325. The number of imidazole rings is 1. The molecule has 13 heteroatoms. The Hall–Kier alpha value is -4.91. The van der Waals surface area contributed by atoms with Crippen LogP contribution in [0.15, 0.2) is 72.9 Å². The number of nitrogens with one attached hydrogen (secondary N) is 1. The van der Waals surface area contributed by atoms with E-state index in [-0.39, 0.29) is 28.0 Å². The minimum Gasteiger partial charge on any atom is -0.506 e. The van der Waals surface area contributed by atoms with Gasteiger partial charge < -0.3 is 24.8 Å². The molecular weight excluding hydrogens is 640 g/mol. The Morgan fingerprint density at radius 1 is 1.00 bits per heavy atom. The van der Waals surface area contributed by atoms with Crippen molar-refractivity contribution >= 4 is 55.7 Å². The molecule has 6 aromatic rings. The van der Waals surface area contributed by atoms with Crippen molar-refractivity contribution < 1.29 is 24.2 Å². The van der Waals surface area contributed by atoms with Gasteiger partial charge in [0.25, 0.3) is 11.8 Å². The number of anilines is 1. The Kier molecular flexibility index (Phi) is 7.87. The fourth-order valence-electron chi connectivity index (χ4n) is 5.30. The predicted octanol–water partition coefficient (Wildman–Crippen LogP) is 6.91. The van der Waals surface area contributed by atoms with Crippen LogP contribution < -0.4 is 10.1 Å². The molecule has 240 valence electrons. The molecule has 0 bridgehead atoms. The number of benzene rings is 3. The molecule has 1 aliphatic heterocycles. The lowest BCUT2D eigenvalue weighted by Gasteiger charge is -2.26. The van der Waals surface area contributed by atoms with Gasteiger partial charge in [0.15, 0.2) is 4.96 Å². The van der Waals surface area contributed by atoms with Crippen molar-refractivity contribution in [1.29, 1.82) is 0 Å². The normalized spacial score (nSPS) is 13.7. The molecule has 0 spiro atoms. The fourth-order valence-corrected chi connectivity index (χ4v) is 6.51. The summed E-state index contributed by atoms with van der Waals surface area (Å²) in [5, 5.41) is 17.7. The molecule has 11 nitrogen and oxygen atoms in total. The van der Waals surface area contributed by atoms with Crippen molar-refractivity contribution in [2.75, 3.05) is 31.6 Å². The largest absolute Gasteiger partial charge is 0.506 e. The Morgan fingerprint density at radius 2 is 1.74 bits per heavy atom. The third-order valence-corrected chi connectivity index (χ3v) is 9.19. The van der Waals surface area contributed by atoms with Crippen LogP contribution in [-0.2, 0) is 10.2 Å². The van der Waals surface area contributed by atoms with Crippen molar-refractivity contribution in [3.63, 3.8) is 0 Å². The van der Waals surface area contributed by atoms with E-state index in [9.17, 15) is 14.7 Å². The van der Waals surface area contributed by atoms with Crippen molar-refractivity contribution in [1.82, 2.24) is 24.1 Å². The number of nitrogens with zero attached hydrogens (tertiary/aromatic N) is 5. The minimum absolute atomic E-state index is 0.0397. The molecule has 0 unspecified atom stereocenters. The molecule has 0 saturated carbocycles. The number of rotatable bonds is 6. The number of amides is 2. The highest BCUT2D eigenvalue weighted by Gasteiger charge is 2.24. The van der Waals surface area contributed by atoms with Crippen LogP contribution in [0.3, 0.4) is 0 Å². The second-order valence-corrected chi connectivity index (χ2v) is 13.6. The summed E-state index contributed by atoms with van der Waals surface area (Å²) in [6.07, 6.45) is 1.63. The quantitative estimate of drug-likeness (QED) is 0.197. The summed E-state index contributed by atoms with van der Waals surface area (Å²) in [4.78, 5) is 33.5. The lowest BCUT2D eigenvalue weighted by Crippen LogP contribution is -2.41. The molecule has 3 aromatic carbocycles. The first-order chi connectivity index (χ1) is 22.5. The van der Waals surface area contributed by atoms with Crippen LogP contribution in [0.1, 0.15) is 47.3 Å². The maximum Gasteiger partial charge on any atom is 0.272 e. The standard InChI is InChI=1S/C34H31ClN6O5S/c1-34(2,3)29-18-30(41(38-29)21-6-11-27(42)24(35)16-21)37-31(43)20-4-7-22(8-5-20)46-23-9-10-25-28(17-23)47-33-36-19-26(40(25)33)32(44)39-12-14-45-15-13-39/h4-11,16-19,42H,12-15H2,1-3H3,(H,37,43). The number of halogens is 1. The van der Waals surface area contributed by atoms with Gasteiger partial charge in [0.05, 0.1) is 46.0 Å². The molecule has 0 aliphatic carbocycles. The number of morpholine rings is 1. The van der Waals surface area contributed by atoms with E-state index in [0.717, 1.165) is 20.9 Å². The van der Waals surface area contributed by atoms with Gasteiger partial charge in [-0.2, -0.15) is 5.10 Å². The molecule has 1 aliphatic rings. The molecule has 7 rings (SSSR count). The number of hydrogen-bond acceptors (Lipinski definition) is 8. The number of hydrogen-bond donors (Lipinski definition) is 2. The van der Waals surface area contributed by atoms with Crippen LogP contribution in [0.4, 0.5) is 5.82 Å². The Balaban J connectivity index is 1.08. The highest BCUT2D eigenvalue weighted by Crippen LogP contribution is 2.33. The van der Waals surface area contributed by atoms with Gasteiger partial charge in [-0.3, -0.25) is 14.0 Å². The van der Waals surface area contributed by atoms with Crippen molar-refractivity contribution in [2.24, 2.45) is 0 Å². The summed E-state index contributed by atoms with van der Waals surface area (Å²) in [6, 6.07) is 19.1. The van der Waals surface area contributed by atoms with Gasteiger partial charge in [-0.1, -0.05) is 43.7 Å². The topological polar surface area (TPSA) is 123 Å². The second kappa shape index (κ2) is 12.0. The van der Waals surface area contributed by atoms with Crippen LogP contribution in [0.2, 0.25) is 5.02 Å². The average Bonchev–Trinajstić information content (AvgIpc) is 3.77. The number of phenols is 1. The van der Waals surface area contributed by atoms with E-state index in [1.807, 2.05) is 49.4 Å². The van der Waals surface area contributed by atoms with E-state index >= 15 is 0 Å². The van der Waals surface area contributed by atoms with E-state index in [4.69, 9.17) is 26.2 Å². The van der Waals surface area contributed by atoms with Gasteiger partial charge in [0.2, 0.25) is 0 Å². The number of phenolic OH excluding ortho intramolecular Hbond substituents is 1. The first kappa shape index (κ1) is 30.7. The number of thiazole rings is 1. The zero-order chi connectivity index (χ0) is 32.9. The number of carbonyl (C=O) groups excluding carboxylic acids is 2. The van der Waals surface area contributed by atoms with Crippen LogP contribution >= 0.6 is 22.9 Å². The fraction of sp³-hybridized carbons (Fsp3) is 0.235. The first-order valence-corrected chi connectivity index (χ1v) is 16.2. The first-order valence-electron chi connectivity index (χ1n) is 15.0. The number of ether oxygens (including phenoxy) is 2. The molecule has 47 heavy (non-hydrogen) atoms. The van der Waals surface area contributed by atoms with Crippen molar-refractivity contribution in [3.05, 3.63) is 94.9 Å². The zero-order valence-electron chi connectivity index (χ0n) is 25.9. The van der Waals surface area contributed by atoms with Crippen LogP contribution in [-0.4, -0.2) is 67.3 Å². The second-order valence-electron chi connectivity index (χ2n) is 12.2. The van der Waals surface area contributed by atoms with Crippen LogP contribution in [0.5, 0.6) is 17.2 Å². The smallest absolute Gasteiger partial charge is 0.272 e. The van der Waals surface area contributed by atoms with E-state index in [1.165, 1.54) is 17.4 Å². The highest BCUT2D eigenvalue weighted by molar-refractivity contribution is 7.23. The summed E-state index contributed by atoms with van der Waals surface area (Å²) in [5.74, 6) is 1.22. The molecule has 3 aromatic heterocycles. The van der Waals surface area contributed by atoms with E-state index < -0.39 is 0 Å². The predicted molar refractivity (Wildman–Crippen MR) is 181 cm³/mol. The van der Waals surface area contributed by atoms with E-state index in [1.54, 1.807) is 52.2 Å². The SMILES string of the molecule is CC(C)(C)c1cc(NC(=O)c2ccc(Oc3ccc4c(c3)sc3ncc(C(=O)N5CCOCC5)n34)cc2)n(-c2ccc(O)c(Cl)c2)n1. The third-order valence-electron chi connectivity index (χ3n) is 7.87. The van der Waals surface area contributed by atoms with Crippen molar-refractivity contribution in [3.8, 4) is 22.9 Å². The van der Waals surface area contributed by atoms with E-state index in [0.29, 0.717) is 60.6 Å². The molecular formula is C34H31ClN6O5S. The molecule has 2 amide bonds. The van der Waals surface area contributed by atoms with Crippen molar-refractivity contribution in [2.45, 2.75) is 26.2 Å². The van der Waals surface area contributed by atoms with Gasteiger partial charge >= 0.3 is 0 Å². The molecule has 1 fully saturated rings. The highest BCUT2D eigenvalue weighted by atomic mass is 35.5. The lowest BCUT2D eigenvalue weighted by molar-refractivity contribution is 0.0298. The Labute approximate surface area is 278 Å². The van der Waals surface area contributed by atoms with Crippen LogP contribution in [0, 0.1) is 0 Å². The van der Waals surface area contributed by atoms with Gasteiger partial charge in [-0.15, -0.1) is 0 Å². The maximum absolute atomic E-state index is 13.3. The van der Waals surface area contributed by atoms with Gasteiger partial charge in [-0.05, 0) is 54.6 Å². The summed E-state index contributed by atoms with van der Waals surface area (Å²) < 4.78 is 15.9. The van der Waals surface area contributed by atoms with Gasteiger partial charge in [0.1, 0.15) is 28.8 Å². The molecule has 1 saturated heterocycles. The number of carbonyl (C=O) groups is 2. The summed E-state index contributed by atoms with van der Waals surface area (Å²) in [6.45, 7) is 8.29. The monoisotopic (exact) mass is 670 g/mol. The summed E-state index contributed by atoms with van der Waals surface area (Å²) >= 11 is 7.64. The molecule has 4 heterocycles. The van der Waals surface area contributed by atoms with Gasteiger partial charge in [-0.25, -0.2) is 9.67 Å². The third kappa shape index (κ3) is 6.02. The number of aromatic nitrogens is 4. The molecule has 0 radical (unpaired) electrons. The summed E-state index contributed by atoms with van der Waals surface area (Å²) in [7, 11) is 0. The average molecular weight is 671 g/mol. The Bertz CT molecular complexity index is 2140.